The van der Waals surface area contributed by atoms with E-state index in [1.54, 1.807) is 6.07 Å². The van der Waals surface area contributed by atoms with E-state index in [0.717, 1.165) is 5.56 Å². The second kappa shape index (κ2) is 4.39. The van der Waals surface area contributed by atoms with E-state index in [4.69, 9.17) is 16.6 Å². The Balaban J connectivity index is 2.78. The van der Waals surface area contributed by atoms with Crippen LogP contribution in [0, 0.1) is 0 Å². The molecule has 0 saturated carbocycles. The number of carboxylic acid groups (broad SMARTS) is 1. The van der Waals surface area contributed by atoms with Crippen LogP contribution in [0.1, 0.15) is 5.56 Å². The molecule has 5 N–H and O–H groups in total. The molecule has 0 aliphatic rings. The monoisotopic (exact) mass is 259 g/mol. The number of aromatic nitrogens is 1. The fourth-order valence-corrected chi connectivity index (χ4v) is 1.34. The van der Waals surface area contributed by atoms with E-state index < -0.39 is 12.0 Å². The largest absolute Gasteiger partial charge is 0.480 e. The summed E-state index contributed by atoms with van der Waals surface area (Å²) < 4.78 is 0.646. The normalized spacial score (nSPS) is 12.4. The van der Waals surface area contributed by atoms with Crippen LogP contribution >= 0.6 is 15.9 Å². The van der Waals surface area contributed by atoms with E-state index in [1.807, 2.05) is 0 Å². The molecular formula is C8H10BrN3O2. The van der Waals surface area contributed by atoms with Gasteiger partial charge < -0.3 is 16.6 Å². The van der Waals surface area contributed by atoms with Gasteiger partial charge in [0.05, 0.1) is 4.47 Å². The zero-order valence-electron chi connectivity index (χ0n) is 7.27. The molecule has 0 bridgehead atoms. The van der Waals surface area contributed by atoms with Gasteiger partial charge >= 0.3 is 5.97 Å². The van der Waals surface area contributed by atoms with Crippen LogP contribution < -0.4 is 11.5 Å². The van der Waals surface area contributed by atoms with Crippen molar-refractivity contribution in [2.75, 3.05) is 5.73 Å². The minimum Gasteiger partial charge on any atom is -0.480 e. The molecule has 0 spiro atoms. The number of nitrogens with zero attached hydrogens (tertiary/aromatic N) is 1. The quantitative estimate of drug-likeness (QED) is 0.729. The van der Waals surface area contributed by atoms with Gasteiger partial charge in [-0.25, -0.2) is 4.98 Å². The predicted molar refractivity (Wildman–Crippen MR) is 55.7 cm³/mol. The first-order valence-corrected chi connectivity index (χ1v) is 4.68. The van der Waals surface area contributed by atoms with E-state index in [-0.39, 0.29) is 6.42 Å². The number of rotatable bonds is 3. The highest BCUT2D eigenvalue weighted by Gasteiger charge is 2.12. The van der Waals surface area contributed by atoms with Crippen LogP contribution in [0.25, 0.3) is 0 Å². The highest BCUT2D eigenvalue weighted by molar-refractivity contribution is 9.10. The molecule has 0 amide bonds. The topological polar surface area (TPSA) is 102 Å². The lowest BCUT2D eigenvalue weighted by Gasteiger charge is -2.06. The molecule has 1 heterocycles. The Morgan fingerprint density at radius 2 is 2.36 bits per heavy atom. The number of anilines is 1. The Labute approximate surface area is 89.2 Å². The van der Waals surface area contributed by atoms with Gasteiger partial charge in [-0.2, -0.15) is 0 Å². The molecule has 0 fully saturated rings. The van der Waals surface area contributed by atoms with E-state index in [1.165, 1.54) is 6.20 Å². The van der Waals surface area contributed by atoms with Crippen LogP contribution in [-0.2, 0) is 11.2 Å². The summed E-state index contributed by atoms with van der Waals surface area (Å²) in [5.74, 6) is -0.657. The molecule has 6 heteroatoms. The lowest BCUT2D eigenvalue weighted by atomic mass is 10.1. The number of nitrogen functional groups attached to an aromatic ring is 1. The summed E-state index contributed by atoms with van der Waals surface area (Å²) in [4.78, 5) is 14.3. The van der Waals surface area contributed by atoms with Gasteiger partial charge in [-0.1, -0.05) is 0 Å². The Morgan fingerprint density at radius 1 is 1.71 bits per heavy atom. The van der Waals surface area contributed by atoms with Crippen LogP contribution in [0.2, 0.25) is 0 Å². The minimum absolute atomic E-state index is 0.237. The van der Waals surface area contributed by atoms with Crippen molar-refractivity contribution in [2.24, 2.45) is 5.73 Å². The SMILES string of the molecule is Nc1ncc(C[C@H](N)C(=O)O)cc1Br. The summed E-state index contributed by atoms with van der Waals surface area (Å²) in [7, 11) is 0. The van der Waals surface area contributed by atoms with Crippen molar-refractivity contribution >= 4 is 27.7 Å². The molecule has 0 saturated heterocycles. The number of halogens is 1. The summed E-state index contributed by atoms with van der Waals surface area (Å²) in [6.45, 7) is 0. The maximum atomic E-state index is 10.5. The van der Waals surface area contributed by atoms with Gasteiger partial charge in [0, 0.05) is 6.20 Å². The number of hydrogen-bond acceptors (Lipinski definition) is 4. The van der Waals surface area contributed by atoms with Gasteiger partial charge in [0.2, 0.25) is 0 Å². The average Bonchev–Trinajstić information content (AvgIpc) is 2.11. The maximum absolute atomic E-state index is 10.5. The molecule has 0 radical (unpaired) electrons. The smallest absolute Gasteiger partial charge is 0.320 e. The summed E-state index contributed by atoms with van der Waals surface area (Å²) in [6, 6.07) is 0.804. The highest BCUT2D eigenvalue weighted by Crippen LogP contribution is 2.18. The summed E-state index contributed by atoms with van der Waals surface area (Å²) in [5, 5.41) is 8.59. The molecule has 1 aromatic heterocycles. The number of hydrogen-bond donors (Lipinski definition) is 3. The van der Waals surface area contributed by atoms with Crippen molar-refractivity contribution in [1.82, 2.24) is 4.98 Å². The van der Waals surface area contributed by atoms with E-state index in [2.05, 4.69) is 20.9 Å². The van der Waals surface area contributed by atoms with Gasteiger partial charge in [0.1, 0.15) is 11.9 Å². The van der Waals surface area contributed by atoms with Crippen LogP contribution in [0.15, 0.2) is 16.7 Å². The molecule has 0 aliphatic heterocycles. The molecule has 1 atom stereocenters. The number of carbonyl (C=O) groups is 1. The Bertz CT molecular complexity index is 356. The van der Waals surface area contributed by atoms with Crippen LogP contribution in [0.5, 0.6) is 0 Å². The first kappa shape index (κ1) is 10.9. The molecule has 1 aromatic rings. The van der Waals surface area contributed by atoms with E-state index in [9.17, 15) is 4.79 Å². The van der Waals surface area contributed by atoms with Crippen molar-refractivity contribution < 1.29 is 9.90 Å². The minimum atomic E-state index is -1.03. The average molecular weight is 260 g/mol. The number of aliphatic carboxylic acids is 1. The van der Waals surface area contributed by atoms with Crippen molar-refractivity contribution in [3.05, 3.63) is 22.3 Å². The highest BCUT2D eigenvalue weighted by atomic mass is 79.9. The van der Waals surface area contributed by atoms with E-state index >= 15 is 0 Å². The van der Waals surface area contributed by atoms with Crippen molar-refractivity contribution in [3.63, 3.8) is 0 Å². The van der Waals surface area contributed by atoms with Crippen LogP contribution in [0.3, 0.4) is 0 Å². The maximum Gasteiger partial charge on any atom is 0.320 e. The molecule has 0 aromatic carbocycles. The molecule has 0 aliphatic carbocycles. The molecule has 14 heavy (non-hydrogen) atoms. The van der Waals surface area contributed by atoms with Gasteiger partial charge in [-0.3, -0.25) is 4.79 Å². The fraction of sp³-hybridized carbons (Fsp3) is 0.250. The first-order chi connectivity index (χ1) is 6.50. The third kappa shape index (κ3) is 2.68. The third-order valence-corrected chi connectivity index (χ3v) is 2.33. The molecule has 1 rings (SSSR count). The van der Waals surface area contributed by atoms with Gasteiger partial charge in [0.15, 0.2) is 0 Å². The Hall–Kier alpha value is -1.14. The Kier molecular flexibility index (Phi) is 3.43. The molecule has 5 nitrogen and oxygen atoms in total. The third-order valence-electron chi connectivity index (χ3n) is 1.70. The van der Waals surface area contributed by atoms with Gasteiger partial charge in [0.25, 0.3) is 0 Å². The van der Waals surface area contributed by atoms with Crippen molar-refractivity contribution in [3.8, 4) is 0 Å². The summed E-state index contributed by atoms with van der Waals surface area (Å²) >= 11 is 3.20. The van der Waals surface area contributed by atoms with Gasteiger partial charge in [-0.05, 0) is 34.0 Å². The zero-order chi connectivity index (χ0) is 10.7. The number of pyridine rings is 1. The van der Waals surface area contributed by atoms with Crippen molar-refractivity contribution in [2.45, 2.75) is 12.5 Å². The van der Waals surface area contributed by atoms with E-state index in [0.29, 0.717) is 10.3 Å². The van der Waals surface area contributed by atoms with Crippen LogP contribution in [-0.4, -0.2) is 22.1 Å². The molecular weight excluding hydrogens is 250 g/mol. The second-order valence-corrected chi connectivity index (χ2v) is 3.71. The van der Waals surface area contributed by atoms with Gasteiger partial charge in [-0.15, -0.1) is 0 Å². The fourth-order valence-electron chi connectivity index (χ4n) is 0.941. The predicted octanol–water partition coefficient (Wildman–Crippen LogP) is 0.381. The van der Waals surface area contributed by atoms with Crippen molar-refractivity contribution in [1.29, 1.82) is 0 Å². The Morgan fingerprint density at radius 3 is 2.86 bits per heavy atom. The summed E-state index contributed by atoms with van der Waals surface area (Å²) in [5.41, 5.74) is 11.6. The van der Waals surface area contributed by atoms with Crippen LogP contribution in [0.4, 0.5) is 5.82 Å². The standard InChI is InChI=1S/C8H10BrN3O2/c9-5-1-4(3-12-7(5)11)2-6(10)8(13)14/h1,3,6H,2,10H2,(H2,11,12)(H,13,14)/t6-/m0/s1. The molecule has 76 valence electrons. The second-order valence-electron chi connectivity index (χ2n) is 2.86. The lowest BCUT2D eigenvalue weighted by molar-refractivity contribution is -0.138. The number of carboxylic acids is 1. The first-order valence-electron chi connectivity index (χ1n) is 3.89. The molecule has 0 unspecified atom stereocenters. The summed E-state index contributed by atoms with van der Waals surface area (Å²) in [6.07, 6.45) is 1.75. The number of nitrogens with two attached hydrogens (primary N) is 2. The zero-order valence-corrected chi connectivity index (χ0v) is 8.86. The lowest BCUT2D eigenvalue weighted by Crippen LogP contribution is -2.32.